The van der Waals surface area contributed by atoms with Gasteiger partial charge in [0.25, 0.3) is 0 Å². The number of benzene rings is 1. The van der Waals surface area contributed by atoms with Gasteiger partial charge in [0.15, 0.2) is 0 Å². The first-order valence-electron chi connectivity index (χ1n) is 4.23. The van der Waals surface area contributed by atoms with Gasteiger partial charge in [0.1, 0.15) is 0 Å². The fraction of sp³-hybridized carbons (Fsp3) is 0.400. The lowest BCUT2D eigenvalue weighted by molar-refractivity contribution is 0.441. The lowest BCUT2D eigenvalue weighted by Crippen LogP contribution is -2.12. The van der Waals surface area contributed by atoms with Crippen molar-refractivity contribution in [3.05, 3.63) is 34.3 Å². The molecule has 2 N–H and O–H groups in total. The Bertz CT molecular complexity index is 271. The van der Waals surface area contributed by atoms with Crippen molar-refractivity contribution < 1.29 is 4.39 Å². The summed E-state index contributed by atoms with van der Waals surface area (Å²) in [6.45, 7) is 1.52. The molecule has 0 saturated heterocycles. The third-order valence-corrected chi connectivity index (χ3v) is 2.39. The molecule has 0 unspecified atom stereocenters. The second-order valence-electron chi connectivity index (χ2n) is 3.05. The molecule has 1 aromatic rings. The first-order valence-corrected chi connectivity index (χ1v) is 4.61. The largest absolute Gasteiger partial charge is 0.324 e. The highest BCUT2D eigenvalue weighted by Gasteiger charge is 2.11. The fourth-order valence-corrected chi connectivity index (χ4v) is 1.74. The third-order valence-electron chi connectivity index (χ3n) is 2.06. The van der Waals surface area contributed by atoms with E-state index in [0.29, 0.717) is 11.4 Å². The van der Waals surface area contributed by atoms with Gasteiger partial charge in [0, 0.05) is 11.1 Å². The number of halogens is 3. The Balaban J connectivity index is 0.00000169. The number of hydrogen-bond acceptors (Lipinski definition) is 1. The minimum Gasteiger partial charge on any atom is -0.324 e. The average molecular weight is 238 g/mol. The van der Waals surface area contributed by atoms with E-state index in [1.165, 1.54) is 0 Å². The number of rotatable bonds is 3. The zero-order chi connectivity index (χ0) is 9.84. The summed E-state index contributed by atoms with van der Waals surface area (Å²) in [7, 11) is 0. The third kappa shape index (κ3) is 3.12. The van der Waals surface area contributed by atoms with Crippen molar-refractivity contribution in [1.82, 2.24) is 0 Å². The number of aryl methyl sites for hydroxylation is 1. The Labute approximate surface area is 94.9 Å². The molecule has 0 spiro atoms. The molecule has 0 heterocycles. The van der Waals surface area contributed by atoms with Crippen LogP contribution in [0.1, 0.15) is 23.6 Å². The van der Waals surface area contributed by atoms with Crippen LogP contribution in [-0.4, -0.2) is 6.67 Å². The van der Waals surface area contributed by atoms with Crippen LogP contribution in [0.25, 0.3) is 0 Å². The highest BCUT2D eigenvalue weighted by molar-refractivity contribution is 6.31. The van der Waals surface area contributed by atoms with Gasteiger partial charge in [0.05, 0.1) is 6.67 Å². The van der Waals surface area contributed by atoms with Crippen molar-refractivity contribution in [3.63, 3.8) is 0 Å². The van der Waals surface area contributed by atoms with Crippen molar-refractivity contribution >= 4 is 24.0 Å². The molecule has 14 heavy (non-hydrogen) atoms. The fourth-order valence-electron chi connectivity index (χ4n) is 1.38. The lowest BCUT2D eigenvalue weighted by Gasteiger charge is -2.14. The molecule has 1 aromatic carbocycles. The van der Waals surface area contributed by atoms with Crippen LogP contribution in [0.4, 0.5) is 4.39 Å². The van der Waals surface area contributed by atoms with Gasteiger partial charge in [-0.25, -0.2) is 0 Å². The summed E-state index contributed by atoms with van der Waals surface area (Å²) in [6.07, 6.45) is 0.324. The predicted octanol–water partition coefficient (Wildman–Crippen LogP) is 3.43. The molecule has 0 aliphatic carbocycles. The predicted molar refractivity (Wildman–Crippen MR) is 61.0 cm³/mol. The number of hydrogen-bond donors (Lipinski definition) is 1. The summed E-state index contributed by atoms with van der Waals surface area (Å²) >= 11 is 5.96. The normalized spacial score (nSPS) is 12.0. The van der Waals surface area contributed by atoms with Crippen molar-refractivity contribution in [3.8, 4) is 0 Å². The molecule has 0 aliphatic heterocycles. The molecule has 1 nitrogen and oxygen atoms in total. The topological polar surface area (TPSA) is 26.0 Å². The number of nitrogens with two attached hydrogens (primary N) is 1. The van der Waals surface area contributed by atoms with E-state index in [0.717, 1.165) is 11.1 Å². The van der Waals surface area contributed by atoms with E-state index >= 15 is 0 Å². The lowest BCUT2D eigenvalue weighted by atomic mass is 10.00. The van der Waals surface area contributed by atoms with E-state index < -0.39 is 6.67 Å². The molecular weight excluding hydrogens is 224 g/mol. The van der Waals surface area contributed by atoms with Crippen LogP contribution in [0.2, 0.25) is 5.02 Å². The van der Waals surface area contributed by atoms with Crippen LogP contribution in [-0.2, 0) is 0 Å². The van der Waals surface area contributed by atoms with E-state index in [1.54, 1.807) is 6.07 Å². The summed E-state index contributed by atoms with van der Waals surface area (Å²) in [4.78, 5) is 0. The van der Waals surface area contributed by atoms with Crippen LogP contribution in [0, 0.1) is 6.92 Å². The van der Waals surface area contributed by atoms with Crippen molar-refractivity contribution in [2.24, 2.45) is 5.73 Å². The van der Waals surface area contributed by atoms with Crippen LogP contribution < -0.4 is 5.73 Å². The quantitative estimate of drug-likeness (QED) is 0.857. The summed E-state index contributed by atoms with van der Waals surface area (Å²) in [5, 5.41) is 0.626. The molecule has 0 aromatic heterocycles. The molecule has 1 rings (SSSR count). The summed E-state index contributed by atoms with van der Waals surface area (Å²) in [5.41, 5.74) is 7.67. The van der Waals surface area contributed by atoms with Gasteiger partial charge in [-0.2, -0.15) is 0 Å². The van der Waals surface area contributed by atoms with E-state index in [9.17, 15) is 4.39 Å². The monoisotopic (exact) mass is 237 g/mol. The molecule has 0 saturated carbocycles. The van der Waals surface area contributed by atoms with Gasteiger partial charge in [-0.05, 0) is 30.5 Å². The van der Waals surface area contributed by atoms with Gasteiger partial charge >= 0.3 is 0 Å². The zero-order valence-corrected chi connectivity index (χ0v) is 9.54. The molecule has 0 amide bonds. The average Bonchev–Trinajstić information content (AvgIpc) is 2.04. The minimum atomic E-state index is -0.411. The molecule has 1 atom stereocenters. The SMILES string of the molecule is Cc1cccc(Cl)c1[C@@H](N)CCF.Cl. The molecule has 0 radical (unpaired) electrons. The molecular formula is C10H14Cl2FN. The van der Waals surface area contributed by atoms with Crippen LogP contribution in [0.15, 0.2) is 18.2 Å². The minimum absolute atomic E-state index is 0. The summed E-state index contributed by atoms with van der Waals surface area (Å²) in [6, 6.07) is 5.28. The maximum Gasteiger partial charge on any atom is 0.0912 e. The highest BCUT2D eigenvalue weighted by atomic mass is 35.5. The second-order valence-corrected chi connectivity index (χ2v) is 3.46. The van der Waals surface area contributed by atoms with E-state index in [4.69, 9.17) is 17.3 Å². The van der Waals surface area contributed by atoms with E-state index in [2.05, 4.69) is 0 Å². The molecule has 80 valence electrons. The van der Waals surface area contributed by atoms with Crippen LogP contribution in [0.3, 0.4) is 0 Å². The maximum absolute atomic E-state index is 12.1. The van der Waals surface area contributed by atoms with Gasteiger partial charge in [-0.1, -0.05) is 23.7 Å². The number of alkyl halides is 1. The summed E-state index contributed by atoms with van der Waals surface area (Å²) < 4.78 is 12.1. The van der Waals surface area contributed by atoms with Crippen molar-refractivity contribution in [2.45, 2.75) is 19.4 Å². The Hall–Kier alpha value is -0.310. The highest BCUT2D eigenvalue weighted by Crippen LogP contribution is 2.26. The first kappa shape index (κ1) is 13.7. The van der Waals surface area contributed by atoms with Gasteiger partial charge < -0.3 is 5.73 Å². The maximum atomic E-state index is 12.1. The van der Waals surface area contributed by atoms with Gasteiger partial charge in [-0.15, -0.1) is 12.4 Å². The molecule has 4 heteroatoms. The summed E-state index contributed by atoms with van der Waals surface area (Å²) in [5.74, 6) is 0. The first-order chi connectivity index (χ1) is 6.16. The zero-order valence-electron chi connectivity index (χ0n) is 7.97. The van der Waals surface area contributed by atoms with Crippen LogP contribution >= 0.6 is 24.0 Å². The molecule has 0 aliphatic rings. The second kappa shape index (κ2) is 6.23. The van der Waals surface area contributed by atoms with E-state index in [1.807, 2.05) is 19.1 Å². The Morgan fingerprint density at radius 1 is 1.50 bits per heavy atom. The van der Waals surface area contributed by atoms with Crippen LogP contribution in [0.5, 0.6) is 0 Å². The van der Waals surface area contributed by atoms with Gasteiger partial charge in [-0.3, -0.25) is 4.39 Å². The Morgan fingerprint density at radius 2 is 2.14 bits per heavy atom. The Kier molecular flexibility index (Phi) is 6.09. The van der Waals surface area contributed by atoms with Gasteiger partial charge in [0.2, 0.25) is 0 Å². The van der Waals surface area contributed by atoms with E-state index in [-0.39, 0.29) is 18.4 Å². The molecule has 0 fully saturated rings. The standard InChI is InChI=1S/C10H13ClFN.ClH/c1-7-3-2-4-8(11)10(7)9(13)5-6-12;/h2-4,9H,5-6,13H2,1H3;1H/t9-;/m0./s1. The smallest absolute Gasteiger partial charge is 0.0912 e. The van der Waals surface area contributed by atoms with Crippen molar-refractivity contribution in [1.29, 1.82) is 0 Å². The molecule has 0 bridgehead atoms. The Morgan fingerprint density at radius 3 is 2.64 bits per heavy atom. The van der Waals surface area contributed by atoms with Crippen molar-refractivity contribution in [2.75, 3.05) is 6.67 Å².